The first-order chi connectivity index (χ1) is 12.8. The van der Waals surface area contributed by atoms with E-state index in [9.17, 15) is 22.0 Å². The molecular weight excluding hydrogens is 359 g/mol. The molecule has 0 bridgehead atoms. The van der Waals surface area contributed by atoms with Crippen molar-refractivity contribution in [2.45, 2.75) is 70.4 Å². The molecule has 0 heterocycles. The molecule has 150 valence electrons. The molecule has 0 unspecified atom stereocenters. The molecule has 0 spiro atoms. The largest absolute Gasteiger partial charge is 0.422 e. The average Bonchev–Trinajstić information content (AvgIpc) is 2.61. The molecular formula is C22H27F5. The van der Waals surface area contributed by atoms with Gasteiger partial charge in [-0.1, -0.05) is 12.2 Å². The van der Waals surface area contributed by atoms with E-state index in [-0.39, 0.29) is 5.92 Å². The molecule has 0 atom stereocenters. The maximum Gasteiger partial charge on any atom is 0.422 e. The zero-order chi connectivity index (χ0) is 19.6. The molecule has 0 saturated heterocycles. The summed E-state index contributed by atoms with van der Waals surface area (Å²) in [6.45, 7) is 2.06. The second-order valence-electron chi connectivity index (χ2n) is 8.17. The van der Waals surface area contributed by atoms with E-state index >= 15 is 0 Å². The lowest BCUT2D eigenvalue weighted by molar-refractivity contribution is -0.142. The molecule has 27 heavy (non-hydrogen) atoms. The van der Waals surface area contributed by atoms with E-state index in [1.54, 1.807) is 0 Å². The maximum atomic E-state index is 13.9. The molecule has 0 N–H and O–H groups in total. The number of rotatable bonds is 3. The Morgan fingerprint density at radius 2 is 1.30 bits per heavy atom. The molecule has 2 aliphatic rings. The summed E-state index contributed by atoms with van der Waals surface area (Å²) in [5, 5.41) is 0. The fraction of sp³-hybridized carbons (Fsp3) is 0.636. The Labute approximate surface area is 157 Å². The molecule has 1 aromatic rings. The van der Waals surface area contributed by atoms with Crippen LogP contribution in [0.4, 0.5) is 22.0 Å². The van der Waals surface area contributed by atoms with Crippen molar-refractivity contribution in [3.05, 3.63) is 47.0 Å². The standard InChI is InChI=1S/C22H27F5/c1-2-3-14-4-6-15(7-5-14)16-8-10-17(11-9-16)18-12-19(23)21(20(24)13-18)22(25,26)27/h2-3,12-17H,4-11H2,1H3. The van der Waals surface area contributed by atoms with Crippen LogP contribution in [0.5, 0.6) is 0 Å². The topological polar surface area (TPSA) is 0 Å². The van der Waals surface area contributed by atoms with Gasteiger partial charge in [0.2, 0.25) is 0 Å². The normalized spacial score (nSPS) is 30.0. The molecule has 2 fully saturated rings. The highest BCUT2D eigenvalue weighted by Gasteiger charge is 2.38. The van der Waals surface area contributed by atoms with E-state index < -0.39 is 23.4 Å². The van der Waals surface area contributed by atoms with Gasteiger partial charge in [-0.2, -0.15) is 13.2 Å². The number of alkyl halides is 3. The van der Waals surface area contributed by atoms with Crippen molar-refractivity contribution in [3.8, 4) is 0 Å². The molecule has 0 aromatic heterocycles. The van der Waals surface area contributed by atoms with Crippen LogP contribution >= 0.6 is 0 Å². The van der Waals surface area contributed by atoms with Gasteiger partial charge in [0.1, 0.15) is 17.2 Å². The van der Waals surface area contributed by atoms with Gasteiger partial charge in [0.05, 0.1) is 0 Å². The third-order valence-corrected chi connectivity index (χ3v) is 6.54. The van der Waals surface area contributed by atoms with Crippen LogP contribution in [0.25, 0.3) is 0 Å². The summed E-state index contributed by atoms with van der Waals surface area (Å²) in [5.41, 5.74) is -1.41. The number of hydrogen-bond donors (Lipinski definition) is 0. The monoisotopic (exact) mass is 386 g/mol. The SMILES string of the molecule is CC=CC1CCC(C2CCC(c3cc(F)c(C(F)(F)F)c(F)c3)CC2)CC1. The number of allylic oxidation sites excluding steroid dienone is 2. The zero-order valence-corrected chi connectivity index (χ0v) is 15.7. The van der Waals surface area contributed by atoms with Crippen LogP contribution in [0, 0.1) is 29.4 Å². The summed E-state index contributed by atoms with van der Waals surface area (Å²) in [4.78, 5) is 0. The van der Waals surface area contributed by atoms with Crippen LogP contribution in [0.2, 0.25) is 0 Å². The van der Waals surface area contributed by atoms with E-state index in [4.69, 9.17) is 0 Å². The van der Waals surface area contributed by atoms with Gasteiger partial charge in [-0.15, -0.1) is 0 Å². The van der Waals surface area contributed by atoms with Gasteiger partial charge in [-0.05, 0) is 99.7 Å². The van der Waals surface area contributed by atoms with E-state index in [0.717, 1.165) is 37.8 Å². The second kappa shape index (κ2) is 8.32. The number of hydrogen-bond acceptors (Lipinski definition) is 0. The zero-order valence-electron chi connectivity index (χ0n) is 15.7. The molecule has 1 aromatic carbocycles. The number of benzene rings is 1. The Morgan fingerprint density at radius 3 is 1.74 bits per heavy atom. The lowest BCUT2D eigenvalue weighted by atomic mass is 9.68. The minimum atomic E-state index is -5.00. The highest BCUT2D eigenvalue weighted by molar-refractivity contribution is 5.30. The molecule has 0 radical (unpaired) electrons. The molecule has 5 heteroatoms. The molecule has 0 aliphatic heterocycles. The first kappa shape index (κ1) is 20.3. The summed E-state index contributed by atoms with van der Waals surface area (Å²) in [6, 6.07) is 1.78. The summed E-state index contributed by atoms with van der Waals surface area (Å²) in [6.07, 6.45) is 7.90. The predicted molar refractivity (Wildman–Crippen MR) is 96.3 cm³/mol. The maximum absolute atomic E-state index is 13.9. The smallest absolute Gasteiger partial charge is 0.206 e. The Bertz CT molecular complexity index is 637. The molecule has 2 saturated carbocycles. The van der Waals surface area contributed by atoms with Crippen molar-refractivity contribution in [2.24, 2.45) is 17.8 Å². The minimum Gasteiger partial charge on any atom is -0.206 e. The summed E-state index contributed by atoms with van der Waals surface area (Å²) >= 11 is 0. The van der Waals surface area contributed by atoms with E-state index in [2.05, 4.69) is 19.1 Å². The van der Waals surface area contributed by atoms with Crippen LogP contribution in [0.1, 0.15) is 75.3 Å². The van der Waals surface area contributed by atoms with E-state index in [1.165, 1.54) is 25.7 Å². The van der Waals surface area contributed by atoms with Crippen molar-refractivity contribution in [3.63, 3.8) is 0 Å². The van der Waals surface area contributed by atoms with E-state index in [1.807, 2.05) is 0 Å². The van der Waals surface area contributed by atoms with Crippen molar-refractivity contribution < 1.29 is 22.0 Å². The summed E-state index contributed by atoms with van der Waals surface area (Å²) in [5.74, 6) is -0.998. The molecule has 0 amide bonds. The fourth-order valence-corrected chi connectivity index (χ4v) is 5.10. The van der Waals surface area contributed by atoms with Gasteiger partial charge in [-0.25, -0.2) is 8.78 Å². The first-order valence-corrected chi connectivity index (χ1v) is 9.98. The minimum absolute atomic E-state index is 0.0492. The molecule has 3 rings (SSSR count). The second-order valence-corrected chi connectivity index (χ2v) is 8.17. The van der Waals surface area contributed by atoms with Crippen molar-refractivity contribution in [2.75, 3.05) is 0 Å². The quantitative estimate of drug-likeness (QED) is 0.370. The van der Waals surface area contributed by atoms with Crippen molar-refractivity contribution in [1.82, 2.24) is 0 Å². The van der Waals surface area contributed by atoms with Crippen molar-refractivity contribution >= 4 is 0 Å². The van der Waals surface area contributed by atoms with E-state index in [0.29, 0.717) is 23.3 Å². The Hall–Kier alpha value is -1.39. The van der Waals surface area contributed by atoms with Crippen LogP contribution in [-0.2, 0) is 6.18 Å². The van der Waals surface area contributed by atoms with Crippen molar-refractivity contribution in [1.29, 1.82) is 0 Å². The third kappa shape index (κ3) is 4.72. The Morgan fingerprint density at radius 1 is 0.815 bits per heavy atom. The lowest BCUT2D eigenvalue weighted by Gasteiger charge is -2.37. The Balaban J connectivity index is 1.60. The highest BCUT2D eigenvalue weighted by atomic mass is 19.4. The summed E-state index contributed by atoms with van der Waals surface area (Å²) < 4.78 is 65.9. The van der Waals surface area contributed by atoms with Gasteiger partial charge in [0, 0.05) is 0 Å². The lowest BCUT2D eigenvalue weighted by Crippen LogP contribution is -2.25. The third-order valence-electron chi connectivity index (χ3n) is 6.54. The predicted octanol–water partition coefficient (Wildman–Crippen LogP) is 7.64. The molecule has 0 nitrogen and oxygen atoms in total. The first-order valence-electron chi connectivity index (χ1n) is 9.98. The van der Waals surface area contributed by atoms with Gasteiger partial charge in [0.15, 0.2) is 0 Å². The molecule has 2 aliphatic carbocycles. The van der Waals surface area contributed by atoms with Crippen LogP contribution in [0.15, 0.2) is 24.3 Å². The van der Waals surface area contributed by atoms with Gasteiger partial charge < -0.3 is 0 Å². The van der Waals surface area contributed by atoms with Gasteiger partial charge >= 0.3 is 6.18 Å². The van der Waals surface area contributed by atoms with Crippen LogP contribution in [0.3, 0.4) is 0 Å². The van der Waals surface area contributed by atoms with Gasteiger partial charge in [-0.3, -0.25) is 0 Å². The average molecular weight is 386 g/mol. The summed E-state index contributed by atoms with van der Waals surface area (Å²) in [7, 11) is 0. The van der Waals surface area contributed by atoms with Gasteiger partial charge in [0.25, 0.3) is 0 Å². The fourth-order valence-electron chi connectivity index (χ4n) is 5.10. The van der Waals surface area contributed by atoms with Crippen LogP contribution in [-0.4, -0.2) is 0 Å². The van der Waals surface area contributed by atoms with Crippen LogP contribution < -0.4 is 0 Å². The highest BCUT2D eigenvalue weighted by Crippen LogP contribution is 2.45. The number of halogens is 5. The Kier molecular flexibility index (Phi) is 6.27.